The number of hydrogen-bond donors (Lipinski definition) is 3. The Morgan fingerprint density at radius 1 is 1.20 bits per heavy atom. The van der Waals surface area contributed by atoms with Crippen molar-refractivity contribution in [3.05, 3.63) is 11.6 Å². The molecule has 6 nitrogen and oxygen atoms in total. The van der Waals surface area contributed by atoms with Gasteiger partial charge in [0.1, 0.15) is 17.3 Å². The summed E-state index contributed by atoms with van der Waals surface area (Å²) in [5, 5.41) is 33.5. The van der Waals surface area contributed by atoms with Gasteiger partial charge in [-0.05, 0) is 72.8 Å². The monoisotopic (exact) mass is 490 g/mol. The maximum atomic E-state index is 12.1. The van der Waals surface area contributed by atoms with Crippen LogP contribution >= 0.6 is 0 Å². The van der Waals surface area contributed by atoms with Crippen LogP contribution < -0.4 is 0 Å². The molecule has 4 aliphatic carbocycles. The maximum Gasteiger partial charge on any atom is 0.303 e. The quantitative estimate of drug-likeness (QED) is 0.282. The zero-order chi connectivity index (χ0) is 25.4. The van der Waals surface area contributed by atoms with Crippen LogP contribution in [0.25, 0.3) is 0 Å². The van der Waals surface area contributed by atoms with Crippen molar-refractivity contribution in [3.63, 3.8) is 0 Å². The Balaban J connectivity index is 1.52. The number of esters is 1. The second-order valence-electron chi connectivity index (χ2n) is 13.3. The van der Waals surface area contributed by atoms with Crippen LogP contribution in [0.5, 0.6) is 0 Å². The molecule has 35 heavy (non-hydrogen) atoms. The van der Waals surface area contributed by atoms with Gasteiger partial charge in [-0.15, -0.1) is 0 Å². The van der Waals surface area contributed by atoms with Crippen LogP contribution in [0.4, 0.5) is 0 Å². The lowest BCUT2D eigenvalue weighted by atomic mass is 9.44. The number of carbonyl (C=O) groups is 1. The second-order valence-corrected chi connectivity index (χ2v) is 13.3. The lowest BCUT2D eigenvalue weighted by Gasteiger charge is -2.61. The van der Waals surface area contributed by atoms with Gasteiger partial charge < -0.3 is 24.8 Å². The Bertz CT molecular complexity index is 884. The van der Waals surface area contributed by atoms with Crippen LogP contribution in [0, 0.1) is 34.5 Å². The average Bonchev–Trinajstić information content (AvgIpc) is 3.37. The van der Waals surface area contributed by atoms with Gasteiger partial charge in [0.15, 0.2) is 0 Å². The van der Waals surface area contributed by atoms with Crippen LogP contribution in [0.3, 0.4) is 0 Å². The van der Waals surface area contributed by atoms with Crippen molar-refractivity contribution in [3.8, 4) is 0 Å². The molecule has 0 aromatic carbocycles. The molecule has 1 aliphatic heterocycles. The van der Waals surface area contributed by atoms with E-state index in [2.05, 4.69) is 27.7 Å². The number of fused-ring (bicyclic) bond motifs is 3. The number of aliphatic hydroxyl groups excluding tert-OH is 2. The minimum absolute atomic E-state index is 0.0503. The number of ether oxygens (including phenoxy) is 2. The fourth-order valence-electron chi connectivity index (χ4n) is 9.40. The maximum absolute atomic E-state index is 12.1. The van der Waals surface area contributed by atoms with Crippen molar-refractivity contribution in [2.75, 3.05) is 6.61 Å². The van der Waals surface area contributed by atoms with E-state index in [1.54, 1.807) is 0 Å². The largest absolute Gasteiger partial charge is 0.455 e. The lowest BCUT2D eigenvalue weighted by Crippen LogP contribution is -2.72. The molecule has 10 atom stereocenters. The molecular weight excluding hydrogens is 444 g/mol. The summed E-state index contributed by atoms with van der Waals surface area (Å²) in [5.41, 5.74) is -2.01. The molecule has 5 rings (SSSR count). The molecule has 3 saturated carbocycles. The molecule has 1 heterocycles. The summed E-state index contributed by atoms with van der Waals surface area (Å²) in [4.78, 5) is 12.1. The predicted molar refractivity (Wildman–Crippen MR) is 132 cm³/mol. The van der Waals surface area contributed by atoms with Gasteiger partial charge in [0.05, 0.1) is 24.2 Å². The lowest BCUT2D eigenvalue weighted by molar-refractivity contribution is -0.237. The topological polar surface area (TPSA) is 99.5 Å². The minimum Gasteiger partial charge on any atom is -0.455 e. The summed E-state index contributed by atoms with van der Waals surface area (Å²) in [7, 11) is 0. The van der Waals surface area contributed by atoms with Gasteiger partial charge in [0.25, 0.3) is 0 Å². The van der Waals surface area contributed by atoms with Gasteiger partial charge in [-0.25, -0.2) is 0 Å². The van der Waals surface area contributed by atoms with E-state index in [1.807, 2.05) is 6.08 Å². The van der Waals surface area contributed by atoms with E-state index in [-0.39, 0.29) is 30.5 Å². The Labute approximate surface area is 210 Å². The SMILES string of the molecule is CC(=O)O[C@H]1C=C2C3CCC([C@H](C)CCCC(C)C)C3(C)C[C@H]3O[C@@]23C2(CO)CCC(O)C[C@]12O. The van der Waals surface area contributed by atoms with E-state index < -0.39 is 34.8 Å². The van der Waals surface area contributed by atoms with Gasteiger partial charge in [-0.3, -0.25) is 4.79 Å². The number of aliphatic hydroxyl groups is 3. The molecule has 4 fully saturated rings. The number of rotatable bonds is 7. The molecular formula is C29H46O6. The van der Waals surface area contributed by atoms with Crippen LogP contribution in [-0.4, -0.2) is 57.4 Å². The smallest absolute Gasteiger partial charge is 0.303 e. The van der Waals surface area contributed by atoms with Gasteiger partial charge in [-0.1, -0.05) is 47.0 Å². The zero-order valence-corrected chi connectivity index (χ0v) is 22.3. The number of hydrogen-bond acceptors (Lipinski definition) is 6. The van der Waals surface area contributed by atoms with Crippen molar-refractivity contribution in [2.24, 2.45) is 34.5 Å². The van der Waals surface area contributed by atoms with Crippen LogP contribution in [0.1, 0.15) is 92.4 Å². The fraction of sp³-hybridized carbons (Fsp3) is 0.897. The molecule has 0 radical (unpaired) electrons. The summed E-state index contributed by atoms with van der Waals surface area (Å²) in [5.74, 6) is 1.80. The molecule has 0 aromatic rings. The van der Waals surface area contributed by atoms with E-state index in [0.29, 0.717) is 24.7 Å². The van der Waals surface area contributed by atoms with E-state index in [9.17, 15) is 20.1 Å². The van der Waals surface area contributed by atoms with Crippen molar-refractivity contribution in [2.45, 2.75) is 122 Å². The van der Waals surface area contributed by atoms with Crippen LogP contribution in [0.15, 0.2) is 11.6 Å². The zero-order valence-electron chi connectivity index (χ0n) is 22.3. The van der Waals surface area contributed by atoms with E-state index in [1.165, 1.54) is 32.6 Å². The molecule has 198 valence electrons. The third kappa shape index (κ3) is 3.45. The Morgan fingerprint density at radius 2 is 1.94 bits per heavy atom. The highest BCUT2D eigenvalue weighted by Crippen LogP contribution is 2.76. The fourth-order valence-corrected chi connectivity index (χ4v) is 9.40. The molecule has 5 aliphatic rings. The summed E-state index contributed by atoms with van der Waals surface area (Å²) in [6, 6.07) is 0. The average molecular weight is 491 g/mol. The normalized spacial score (nSPS) is 48.8. The summed E-state index contributed by atoms with van der Waals surface area (Å²) < 4.78 is 12.4. The molecule has 1 saturated heterocycles. The Kier molecular flexibility index (Phi) is 6.27. The third-order valence-corrected chi connectivity index (χ3v) is 11.0. The highest BCUT2D eigenvalue weighted by Gasteiger charge is 2.83. The highest BCUT2D eigenvalue weighted by molar-refractivity contribution is 5.67. The van der Waals surface area contributed by atoms with Crippen LogP contribution in [0.2, 0.25) is 0 Å². The number of epoxide rings is 1. The Hall–Kier alpha value is -0.950. The summed E-state index contributed by atoms with van der Waals surface area (Å²) in [6.45, 7) is 10.5. The first-order valence-electron chi connectivity index (χ1n) is 14.0. The Morgan fingerprint density at radius 3 is 2.60 bits per heavy atom. The highest BCUT2D eigenvalue weighted by atomic mass is 16.6. The molecule has 1 spiro atoms. The van der Waals surface area contributed by atoms with Crippen LogP contribution in [-0.2, 0) is 14.3 Å². The summed E-state index contributed by atoms with van der Waals surface area (Å²) >= 11 is 0. The molecule has 5 unspecified atom stereocenters. The van der Waals surface area contributed by atoms with E-state index in [0.717, 1.165) is 24.3 Å². The second kappa shape index (κ2) is 8.54. The van der Waals surface area contributed by atoms with E-state index >= 15 is 0 Å². The molecule has 0 amide bonds. The first-order chi connectivity index (χ1) is 16.4. The van der Waals surface area contributed by atoms with Gasteiger partial charge in [0.2, 0.25) is 0 Å². The van der Waals surface area contributed by atoms with Crippen molar-refractivity contribution in [1.29, 1.82) is 0 Å². The summed E-state index contributed by atoms with van der Waals surface area (Å²) in [6.07, 6.45) is 8.31. The minimum atomic E-state index is -1.56. The molecule has 0 aromatic heterocycles. The standard InChI is InChI=1S/C29H46O6/c1-17(2)7-6-8-18(3)21-9-10-22-23-13-24(34-19(4)31)28(33)14-20(32)11-12-27(28,16-30)29(23)25(35-29)15-26(21,22)5/h13,17-18,20-22,24-25,30,32-33H,6-12,14-16H2,1-5H3/t18-,20?,21?,22?,24+,25-,26?,27?,28+,29+/m1/s1. The number of carbonyl (C=O) groups excluding carboxylic acids is 1. The van der Waals surface area contributed by atoms with Gasteiger partial charge in [-0.2, -0.15) is 0 Å². The van der Waals surface area contributed by atoms with E-state index in [4.69, 9.17) is 9.47 Å². The third-order valence-electron chi connectivity index (χ3n) is 11.0. The molecule has 3 N–H and O–H groups in total. The van der Waals surface area contributed by atoms with Gasteiger partial charge >= 0.3 is 5.97 Å². The van der Waals surface area contributed by atoms with Crippen molar-refractivity contribution < 1.29 is 29.6 Å². The first-order valence-corrected chi connectivity index (χ1v) is 14.0. The van der Waals surface area contributed by atoms with Crippen molar-refractivity contribution in [1.82, 2.24) is 0 Å². The molecule has 6 heteroatoms. The predicted octanol–water partition coefficient (Wildman–Crippen LogP) is 4.15. The van der Waals surface area contributed by atoms with Crippen molar-refractivity contribution >= 4 is 5.97 Å². The van der Waals surface area contributed by atoms with Gasteiger partial charge in [0, 0.05) is 13.3 Å². The molecule has 0 bridgehead atoms. The first kappa shape index (κ1) is 25.7.